The first kappa shape index (κ1) is 13.0. The van der Waals surface area contributed by atoms with E-state index >= 15 is 0 Å². The van der Waals surface area contributed by atoms with Crippen LogP contribution in [0.15, 0.2) is 28.8 Å². The fraction of sp³-hybridized carbons (Fsp3) is 0.357. The zero-order valence-corrected chi connectivity index (χ0v) is 11.4. The summed E-state index contributed by atoms with van der Waals surface area (Å²) in [6.45, 7) is 4.34. The van der Waals surface area contributed by atoms with Crippen LogP contribution in [0.5, 0.6) is 0 Å². The number of benzene rings is 1. The highest BCUT2D eigenvalue weighted by Gasteiger charge is 2.17. The largest absolute Gasteiger partial charge is 0.380 e. The lowest BCUT2D eigenvalue weighted by molar-refractivity contribution is 0.364. The average molecular weight is 265 g/mol. The van der Waals surface area contributed by atoms with E-state index in [2.05, 4.69) is 19.0 Å². The second-order valence-electron chi connectivity index (χ2n) is 4.59. The first-order valence-electron chi connectivity index (χ1n) is 6.11. The van der Waals surface area contributed by atoms with Crippen molar-refractivity contribution in [3.63, 3.8) is 0 Å². The molecule has 18 heavy (non-hydrogen) atoms. The molecule has 0 amide bonds. The number of nitrogen functional groups attached to an aromatic ring is 1. The van der Waals surface area contributed by atoms with E-state index in [1.807, 2.05) is 24.3 Å². The topological polar surface area (TPSA) is 52.0 Å². The van der Waals surface area contributed by atoms with Crippen molar-refractivity contribution >= 4 is 17.4 Å². The van der Waals surface area contributed by atoms with E-state index < -0.39 is 0 Å². The Morgan fingerprint density at radius 2 is 2.00 bits per heavy atom. The molecule has 1 aromatic carbocycles. The van der Waals surface area contributed by atoms with Gasteiger partial charge >= 0.3 is 0 Å². The number of aromatic nitrogens is 1. The van der Waals surface area contributed by atoms with Gasteiger partial charge in [-0.2, -0.15) is 0 Å². The summed E-state index contributed by atoms with van der Waals surface area (Å²) in [5, 5.41) is 4.58. The molecule has 0 saturated heterocycles. The number of halogens is 1. The maximum absolute atomic E-state index is 5.89. The molecule has 2 aromatic rings. The lowest BCUT2D eigenvalue weighted by atomic mass is 9.98. The number of rotatable bonds is 4. The first-order chi connectivity index (χ1) is 8.61. The van der Waals surface area contributed by atoms with Gasteiger partial charge in [0.15, 0.2) is 5.82 Å². The molecule has 1 atom stereocenters. The van der Waals surface area contributed by atoms with Crippen molar-refractivity contribution in [2.24, 2.45) is 5.92 Å². The Kier molecular flexibility index (Phi) is 3.92. The first-order valence-corrected chi connectivity index (χ1v) is 6.49. The molecule has 2 rings (SSSR count). The number of nitrogens with zero attached hydrogens (tertiary/aromatic N) is 1. The molecule has 0 radical (unpaired) electrons. The maximum atomic E-state index is 5.89. The molecule has 0 saturated carbocycles. The van der Waals surface area contributed by atoms with Crippen LogP contribution in [0.3, 0.4) is 0 Å². The zero-order chi connectivity index (χ0) is 13.1. The molecule has 4 heteroatoms. The normalized spacial score (nSPS) is 12.6. The Labute approximate surface area is 112 Å². The van der Waals surface area contributed by atoms with E-state index in [-0.39, 0.29) is 0 Å². The number of hydrogen-bond donors (Lipinski definition) is 1. The van der Waals surface area contributed by atoms with Gasteiger partial charge in [-0.1, -0.05) is 49.2 Å². The van der Waals surface area contributed by atoms with E-state index in [1.54, 1.807) is 0 Å². The molecular weight excluding hydrogens is 248 g/mol. The maximum Gasteiger partial charge on any atom is 0.175 e. The molecule has 96 valence electrons. The second kappa shape index (κ2) is 5.44. The summed E-state index contributed by atoms with van der Waals surface area (Å²) in [6, 6.07) is 7.56. The van der Waals surface area contributed by atoms with Crippen LogP contribution < -0.4 is 5.73 Å². The molecule has 0 aliphatic carbocycles. The smallest absolute Gasteiger partial charge is 0.175 e. The lowest BCUT2D eigenvalue weighted by Crippen LogP contribution is -1.98. The number of nitrogens with two attached hydrogens (primary N) is 1. The van der Waals surface area contributed by atoms with Gasteiger partial charge in [0, 0.05) is 11.4 Å². The minimum absolute atomic E-state index is 0.440. The molecule has 1 unspecified atom stereocenters. The van der Waals surface area contributed by atoms with Crippen molar-refractivity contribution in [1.82, 2.24) is 5.16 Å². The SMILES string of the molecule is CCC(C)Cc1onc(N)c1-c1ccc(Cl)cc1. The minimum atomic E-state index is 0.440. The minimum Gasteiger partial charge on any atom is -0.380 e. The monoisotopic (exact) mass is 264 g/mol. The summed E-state index contributed by atoms with van der Waals surface area (Å²) in [5.74, 6) is 1.84. The van der Waals surface area contributed by atoms with Gasteiger partial charge in [0.1, 0.15) is 5.76 Å². The Balaban J connectivity index is 2.37. The van der Waals surface area contributed by atoms with Gasteiger partial charge in [-0.15, -0.1) is 0 Å². The third-order valence-electron chi connectivity index (χ3n) is 3.15. The average Bonchev–Trinajstić information content (AvgIpc) is 2.72. The van der Waals surface area contributed by atoms with Gasteiger partial charge < -0.3 is 10.3 Å². The fourth-order valence-corrected chi connectivity index (χ4v) is 1.99. The summed E-state index contributed by atoms with van der Waals surface area (Å²) in [5.41, 5.74) is 7.78. The number of anilines is 1. The standard InChI is InChI=1S/C14H17ClN2O/c1-3-9(2)8-12-13(14(16)17-18-12)10-4-6-11(15)7-5-10/h4-7,9H,3,8H2,1-2H3,(H2,16,17). The highest BCUT2D eigenvalue weighted by molar-refractivity contribution is 6.30. The lowest BCUT2D eigenvalue weighted by Gasteiger charge is -2.07. The van der Waals surface area contributed by atoms with Crippen LogP contribution in [0, 0.1) is 5.92 Å². The van der Waals surface area contributed by atoms with Crippen LogP contribution in [-0.2, 0) is 6.42 Å². The molecule has 0 bridgehead atoms. The van der Waals surface area contributed by atoms with Gasteiger partial charge in [0.25, 0.3) is 0 Å². The van der Waals surface area contributed by atoms with E-state index in [0.29, 0.717) is 16.8 Å². The van der Waals surface area contributed by atoms with Gasteiger partial charge in [-0.3, -0.25) is 0 Å². The predicted octanol–water partition coefficient (Wildman–Crippen LogP) is 4.17. The Hall–Kier alpha value is -1.48. The molecular formula is C14H17ClN2O. The molecule has 2 N–H and O–H groups in total. The van der Waals surface area contributed by atoms with Gasteiger partial charge in [-0.05, 0) is 23.6 Å². The van der Waals surface area contributed by atoms with Crippen LogP contribution in [0.2, 0.25) is 5.02 Å². The van der Waals surface area contributed by atoms with Crippen LogP contribution in [-0.4, -0.2) is 5.16 Å². The third kappa shape index (κ3) is 2.67. The van der Waals surface area contributed by atoms with Crippen LogP contribution in [0.25, 0.3) is 11.1 Å². The van der Waals surface area contributed by atoms with Gasteiger partial charge in [0.05, 0.1) is 5.56 Å². The Morgan fingerprint density at radius 1 is 1.33 bits per heavy atom. The predicted molar refractivity (Wildman–Crippen MR) is 74.5 cm³/mol. The highest BCUT2D eigenvalue weighted by atomic mass is 35.5. The van der Waals surface area contributed by atoms with Crippen LogP contribution in [0.1, 0.15) is 26.0 Å². The van der Waals surface area contributed by atoms with Crippen molar-refractivity contribution < 1.29 is 4.52 Å². The van der Waals surface area contributed by atoms with Crippen LogP contribution in [0.4, 0.5) is 5.82 Å². The summed E-state index contributed by atoms with van der Waals surface area (Å²) >= 11 is 5.89. The fourth-order valence-electron chi connectivity index (χ4n) is 1.86. The van der Waals surface area contributed by atoms with Crippen molar-refractivity contribution in [1.29, 1.82) is 0 Å². The zero-order valence-electron chi connectivity index (χ0n) is 10.6. The second-order valence-corrected chi connectivity index (χ2v) is 5.03. The van der Waals surface area contributed by atoms with Crippen LogP contribution >= 0.6 is 11.6 Å². The molecule has 1 heterocycles. The summed E-state index contributed by atoms with van der Waals surface area (Å²) in [4.78, 5) is 0. The number of hydrogen-bond acceptors (Lipinski definition) is 3. The highest BCUT2D eigenvalue weighted by Crippen LogP contribution is 2.32. The summed E-state index contributed by atoms with van der Waals surface area (Å²) in [6.07, 6.45) is 1.94. The summed E-state index contributed by atoms with van der Waals surface area (Å²) < 4.78 is 5.34. The Bertz CT molecular complexity index is 519. The molecule has 1 aromatic heterocycles. The van der Waals surface area contributed by atoms with Crippen molar-refractivity contribution in [2.45, 2.75) is 26.7 Å². The van der Waals surface area contributed by atoms with Crippen molar-refractivity contribution in [3.8, 4) is 11.1 Å². The molecule has 0 fully saturated rings. The van der Waals surface area contributed by atoms with Gasteiger partial charge in [0.2, 0.25) is 0 Å². The van der Waals surface area contributed by atoms with E-state index in [9.17, 15) is 0 Å². The quantitative estimate of drug-likeness (QED) is 0.902. The van der Waals surface area contributed by atoms with Gasteiger partial charge in [-0.25, -0.2) is 0 Å². The molecule has 0 aliphatic heterocycles. The van der Waals surface area contributed by atoms with Crippen molar-refractivity contribution in [3.05, 3.63) is 35.0 Å². The van der Waals surface area contributed by atoms with E-state index in [4.69, 9.17) is 21.9 Å². The van der Waals surface area contributed by atoms with E-state index in [0.717, 1.165) is 29.7 Å². The molecule has 0 aliphatic rings. The van der Waals surface area contributed by atoms with E-state index in [1.165, 1.54) is 0 Å². The van der Waals surface area contributed by atoms with Crippen molar-refractivity contribution in [2.75, 3.05) is 5.73 Å². The molecule has 3 nitrogen and oxygen atoms in total. The Morgan fingerprint density at radius 3 is 2.61 bits per heavy atom. The molecule has 0 spiro atoms. The third-order valence-corrected chi connectivity index (χ3v) is 3.40. The summed E-state index contributed by atoms with van der Waals surface area (Å²) in [7, 11) is 0.